The van der Waals surface area contributed by atoms with Crippen LogP contribution in [0.25, 0.3) is 0 Å². The van der Waals surface area contributed by atoms with Crippen molar-refractivity contribution in [2.24, 2.45) is 0 Å². The summed E-state index contributed by atoms with van der Waals surface area (Å²) in [4.78, 5) is 17.2. The van der Waals surface area contributed by atoms with Gasteiger partial charge in [-0.25, -0.2) is 8.42 Å². The van der Waals surface area contributed by atoms with Gasteiger partial charge in [0.05, 0.1) is 11.5 Å². The number of nitrogens with zero attached hydrogens (tertiary/aromatic N) is 2. The van der Waals surface area contributed by atoms with Gasteiger partial charge in [0.2, 0.25) is 5.91 Å². The van der Waals surface area contributed by atoms with Crippen LogP contribution in [0.3, 0.4) is 0 Å². The number of amides is 1. The summed E-state index contributed by atoms with van der Waals surface area (Å²) in [7, 11) is -3.02. The fourth-order valence-electron chi connectivity index (χ4n) is 4.19. The van der Waals surface area contributed by atoms with Crippen molar-refractivity contribution in [2.75, 3.05) is 35.2 Å². The second kappa shape index (κ2) is 8.69. The Morgan fingerprint density at radius 3 is 2.78 bits per heavy atom. The van der Waals surface area contributed by atoms with E-state index in [1.807, 2.05) is 32.0 Å². The van der Waals surface area contributed by atoms with Gasteiger partial charge in [0.25, 0.3) is 0 Å². The molecule has 152 valence electrons. The number of carbonyl (C=O) groups excluding carboxylic acids is 1. The lowest BCUT2D eigenvalue weighted by atomic mass is 9.98. The van der Waals surface area contributed by atoms with E-state index >= 15 is 0 Å². The Bertz CT molecular complexity index is 784. The SMILES string of the molecule is CCCN(C(=O)C(C)N1CCCc2c(N)cccc21)C1CCS(=O)(=O)C1.Cl. The molecule has 2 unspecified atom stereocenters. The van der Waals surface area contributed by atoms with Crippen LogP contribution in [-0.4, -0.2) is 55.9 Å². The van der Waals surface area contributed by atoms with Crippen LogP contribution in [0.5, 0.6) is 0 Å². The summed E-state index contributed by atoms with van der Waals surface area (Å²) >= 11 is 0. The van der Waals surface area contributed by atoms with Crippen LogP contribution in [0, 0.1) is 0 Å². The van der Waals surface area contributed by atoms with Crippen molar-refractivity contribution in [3.05, 3.63) is 23.8 Å². The number of hydrogen-bond donors (Lipinski definition) is 1. The molecule has 2 aliphatic rings. The van der Waals surface area contributed by atoms with Gasteiger partial charge in [0, 0.05) is 30.5 Å². The highest BCUT2D eigenvalue weighted by Crippen LogP contribution is 2.33. The van der Waals surface area contributed by atoms with Gasteiger partial charge in [-0.1, -0.05) is 13.0 Å². The normalized spacial score (nSPS) is 21.9. The molecule has 1 aromatic rings. The molecule has 1 aromatic carbocycles. The highest BCUT2D eigenvalue weighted by Gasteiger charge is 2.37. The Balaban J connectivity index is 0.00000261. The van der Waals surface area contributed by atoms with Gasteiger partial charge in [0.1, 0.15) is 6.04 Å². The van der Waals surface area contributed by atoms with E-state index in [4.69, 9.17) is 5.73 Å². The number of benzene rings is 1. The summed E-state index contributed by atoms with van der Waals surface area (Å²) in [6.45, 7) is 5.35. The summed E-state index contributed by atoms with van der Waals surface area (Å²) < 4.78 is 23.8. The monoisotopic (exact) mass is 415 g/mol. The fourth-order valence-corrected chi connectivity index (χ4v) is 5.92. The minimum atomic E-state index is -3.02. The number of hydrogen-bond acceptors (Lipinski definition) is 5. The molecule has 2 heterocycles. The maximum atomic E-state index is 13.3. The van der Waals surface area contributed by atoms with Crippen molar-refractivity contribution in [3.8, 4) is 0 Å². The molecule has 3 rings (SSSR count). The average molecular weight is 416 g/mol. The maximum Gasteiger partial charge on any atom is 0.245 e. The highest BCUT2D eigenvalue weighted by atomic mass is 35.5. The van der Waals surface area contributed by atoms with E-state index in [2.05, 4.69) is 4.90 Å². The molecular formula is C19H30ClN3O3S. The first-order chi connectivity index (χ1) is 12.3. The van der Waals surface area contributed by atoms with Gasteiger partial charge in [-0.05, 0) is 50.3 Å². The van der Waals surface area contributed by atoms with Crippen LogP contribution in [-0.2, 0) is 21.1 Å². The molecule has 2 aliphatic heterocycles. The van der Waals surface area contributed by atoms with Crippen LogP contribution in [0.4, 0.5) is 11.4 Å². The van der Waals surface area contributed by atoms with Gasteiger partial charge < -0.3 is 15.5 Å². The summed E-state index contributed by atoms with van der Waals surface area (Å²) in [6.07, 6.45) is 3.26. The minimum absolute atomic E-state index is 0. The van der Waals surface area contributed by atoms with Crippen LogP contribution in [0.15, 0.2) is 18.2 Å². The van der Waals surface area contributed by atoms with E-state index in [0.29, 0.717) is 13.0 Å². The lowest BCUT2D eigenvalue weighted by Gasteiger charge is -2.39. The summed E-state index contributed by atoms with van der Waals surface area (Å²) in [6, 6.07) is 5.34. The van der Waals surface area contributed by atoms with E-state index in [0.717, 1.165) is 42.7 Å². The summed E-state index contributed by atoms with van der Waals surface area (Å²) in [5.41, 5.74) is 9.05. The number of anilines is 2. The first-order valence-corrected chi connectivity index (χ1v) is 11.3. The predicted molar refractivity (Wildman–Crippen MR) is 112 cm³/mol. The van der Waals surface area contributed by atoms with Crippen LogP contribution in [0.2, 0.25) is 0 Å². The van der Waals surface area contributed by atoms with Crippen molar-refractivity contribution in [3.63, 3.8) is 0 Å². The van der Waals surface area contributed by atoms with Gasteiger partial charge in [-0.3, -0.25) is 4.79 Å². The molecule has 1 amide bonds. The van der Waals surface area contributed by atoms with Gasteiger partial charge in [0.15, 0.2) is 9.84 Å². The van der Waals surface area contributed by atoms with E-state index in [9.17, 15) is 13.2 Å². The molecule has 2 N–H and O–H groups in total. The van der Waals surface area contributed by atoms with Crippen LogP contribution < -0.4 is 10.6 Å². The van der Waals surface area contributed by atoms with Crippen molar-refractivity contribution in [1.29, 1.82) is 0 Å². The van der Waals surface area contributed by atoms with Gasteiger partial charge in [-0.2, -0.15) is 0 Å². The molecule has 8 heteroatoms. The zero-order valence-electron chi connectivity index (χ0n) is 16.1. The molecule has 0 spiro atoms. The molecule has 2 atom stereocenters. The van der Waals surface area contributed by atoms with Gasteiger partial charge in [-0.15, -0.1) is 12.4 Å². The smallest absolute Gasteiger partial charge is 0.245 e. The molecule has 0 saturated carbocycles. The summed E-state index contributed by atoms with van der Waals surface area (Å²) in [5, 5.41) is 0. The second-order valence-corrected chi connectivity index (χ2v) is 9.64. The number of nitrogen functional groups attached to an aromatic ring is 1. The van der Waals surface area contributed by atoms with E-state index in [1.165, 1.54) is 0 Å². The van der Waals surface area contributed by atoms with E-state index in [1.54, 1.807) is 4.90 Å². The standard InChI is InChI=1S/C19H29N3O3S.ClH/c1-3-10-22(15-9-12-26(24,25)13-15)19(23)14(2)21-11-5-6-16-17(20)7-4-8-18(16)21;/h4,7-8,14-15H,3,5-6,9-13,20H2,1-2H3;1H. The number of nitrogens with two attached hydrogens (primary N) is 1. The first kappa shape index (κ1) is 21.8. The van der Waals surface area contributed by atoms with Crippen LogP contribution >= 0.6 is 12.4 Å². The predicted octanol–water partition coefficient (Wildman–Crippen LogP) is 2.26. The average Bonchev–Trinajstić information content (AvgIpc) is 2.98. The fraction of sp³-hybridized carbons (Fsp3) is 0.632. The van der Waals surface area contributed by atoms with Crippen molar-refractivity contribution >= 4 is 39.5 Å². The third-order valence-electron chi connectivity index (χ3n) is 5.54. The third kappa shape index (κ3) is 4.51. The van der Waals surface area contributed by atoms with Crippen molar-refractivity contribution < 1.29 is 13.2 Å². The molecule has 0 radical (unpaired) electrons. The highest BCUT2D eigenvalue weighted by molar-refractivity contribution is 7.91. The zero-order valence-corrected chi connectivity index (χ0v) is 17.7. The Hall–Kier alpha value is -1.47. The first-order valence-electron chi connectivity index (χ1n) is 9.49. The number of halogens is 1. The molecule has 1 saturated heterocycles. The topological polar surface area (TPSA) is 83.7 Å². The van der Waals surface area contributed by atoms with Crippen LogP contribution in [0.1, 0.15) is 38.7 Å². The zero-order chi connectivity index (χ0) is 18.9. The van der Waals surface area contributed by atoms with E-state index < -0.39 is 9.84 Å². The minimum Gasteiger partial charge on any atom is -0.398 e. The van der Waals surface area contributed by atoms with E-state index in [-0.39, 0.29) is 41.9 Å². The number of sulfone groups is 1. The molecule has 0 bridgehead atoms. The van der Waals surface area contributed by atoms with Crippen molar-refractivity contribution in [1.82, 2.24) is 4.90 Å². The Morgan fingerprint density at radius 1 is 1.41 bits per heavy atom. The summed E-state index contributed by atoms with van der Waals surface area (Å²) in [5.74, 6) is 0.293. The maximum absolute atomic E-state index is 13.3. The molecule has 6 nitrogen and oxygen atoms in total. The third-order valence-corrected chi connectivity index (χ3v) is 7.29. The molecular weight excluding hydrogens is 386 g/mol. The molecule has 0 aliphatic carbocycles. The molecule has 1 fully saturated rings. The largest absolute Gasteiger partial charge is 0.398 e. The number of carbonyl (C=O) groups is 1. The quantitative estimate of drug-likeness (QED) is 0.745. The number of rotatable bonds is 5. The Morgan fingerprint density at radius 2 is 2.15 bits per heavy atom. The molecule has 0 aromatic heterocycles. The Labute approximate surface area is 168 Å². The lowest BCUT2D eigenvalue weighted by Crippen LogP contribution is -2.52. The molecule has 27 heavy (non-hydrogen) atoms. The lowest BCUT2D eigenvalue weighted by molar-refractivity contribution is -0.134. The Kier molecular flexibility index (Phi) is 7.03. The number of fused-ring (bicyclic) bond motifs is 1. The van der Waals surface area contributed by atoms with Crippen molar-refractivity contribution in [2.45, 2.75) is 51.6 Å². The second-order valence-electron chi connectivity index (χ2n) is 7.41. The van der Waals surface area contributed by atoms with Gasteiger partial charge >= 0.3 is 0 Å².